The molecular formula is C18H24N2. The van der Waals surface area contributed by atoms with Gasteiger partial charge < -0.3 is 4.98 Å². The molecule has 2 aromatic rings. The van der Waals surface area contributed by atoms with Gasteiger partial charge in [0, 0.05) is 23.1 Å². The Balaban J connectivity index is 1.87. The van der Waals surface area contributed by atoms with Crippen molar-refractivity contribution >= 4 is 10.9 Å². The Morgan fingerprint density at radius 1 is 1.25 bits per heavy atom. The Labute approximate surface area is 121 Å². The van der Waals surface area contributed by atoms with E-state index >= 15 is 0 Å². The van der Waals surface area contributed by atoms with Crippen LogP contribution in [0.5, 0.6) is 0 Å². The summed E-state index contributed by atoms with van der Waals surface area (Å²) in [6, 6.07) is 9.45. The van der Waals surface area contributed by atoms with Crippen molar-refractivity contribution in [1.29, 1.82) is 0 Å². The Morgan fingerprint density at radius 3 is 2.95 bits per heavy atom. The van der Waals surface area contributed by atoms with Crippen molar-refractivity contribution in [3.63, 3.8) is 0 Å². The minimum absolute atomic E-state index is 0.625. The Morgan fingerprint density at radius 2 is 2.10 bits per heavy atom. The van der Waals surface area contributed by atoms with Crippen LogP contribution < -0.4 is 0 Å². The highest BCUT2D eigenvalue weighted by molar-refractivity contribution is 5.85. The molecule has 2 aliphatic heterocycles. The monoisotopic (exact) mass is 268 g/mol. The van der Waals surface area contributed by atoms with Crippen LogP contribution >= 0.6 is 0 Å². The van der Waals surface area contributed by atoms with Crippen LogP contribution in [0.4, 0.5) is 0 Å². The third kappa shape index (κ3) is 1.67. The van der Waals surface area contributed by atoms with Crippen LogP contribution in [0, 0.1) is 11.8 Å². The van der Waals surface area contributed by atoms with E-state index in [0.717, 1.165) is 11.8 Å². The number of fused-ring (bicyclic) bond motifs is 5. The van der Waals surface area contributed by atoms with Gasteiger partial charge in [0.25, 0.3) is 0 Å². The molecule has 3 heterocycles. The molecular weight excluding hydrogens is 244 g/mol. The first-order valence-electron chi connectivity index (χ1n) is 8.13. The highest BCUT2D eigenvalue weighted by Gasteiger charge is 2.40. The lowest BCUT2D eigenvalue weighted by molar-refractivity contribution is 0.0421. The molecule has 2 heteroatoms. The molecule has 1 aromatic carbocycles. The van der Waals surface area contributed by atoms with Crippen LogP contribution in [0.25, 0.3) is 10.9 Å². The van der Waals surface area contributed by atoms with Crippen molar-refractivity contribution in [3.8, 4) is 0 Å². The van der Waals surface area contributed by atoms with E-state index in [1.54, 1.807) is 5.56 Å². The molecule has 0 bridgehead atoms. The van der Waals surface area contributed by atoms with Crippen molar-refractivity contribution in [3.05, 3.63) is 35.5 Å². The number of aromatic nitrogens is 1. The van der Waals surface area contributed by atoms with E-state index in [2.05, 4.69) is 48.0 Å². The molecule has 3 atom stereocenters. The lowest BCUT2D eigenvalue weighted by Crippen LogP contribution is -2.46. The van der Waals surface area contributed by atoms with Gasteiger partial charge in [0.15, 0.2) is 0 Å². The molecule has 1 fully saturated rings. The summed E-state index contributed by atoms with van der Waals surface area (Å²) >= 11 is 0. The second-order valence-electron chi connectivity index (χ2n) is 6.63. The van der Waals surface area contributed by atoms with Gasteiger partial charge >= 0.3 is 0 Å². The number of H-pyrrole nitrogens is 1. The maximum Gasteiger partial charge on any atom is 0.0532 e. The molecule has 2 nitrogen and oxygen atoms in total. The Bertz CT molecular complexity index is 627. The van der Waals surface area contributed by atoms with E-state index in [1.807, 2.05) is 0 Å². The quantitative estimate of drug-likeness (QED) is 0.824. The summed E-state index contributed by atoms with van der Waals surface area (Å²) in [5.41, 5.74) is 4.44. The summed E-state index contributed by atoms with van der Waals surface area (Å²) in [5, 5.41) is 1.45. The summed E-state index contributed by atoms with van der Waals surface area (Å²) in [4.78, 5) is 6.49. The van der Waals surface area contributed by atoms with Gasteiger partial charge in [-0.05, 0) is 42.9 Å². The minimum atomic E-state index is 0.625. The Kier molecular flexibility index (Phi) is 2.88. The molecule has 1 N–H and O–H groups in total. The molecule has 0 radical (unpaired) electrons. The molecule has 2 aliphatic rings. The first-order chi connectivity index (χ1) is 9.79. The summed E-state index contributed by atoms with van der Waals surface area (Å²) in [7, 11) is 0. The molecule has 0 aliphatic carbocycles. The maximum atomic E-state index is 3.76. The van der Waals surface area contributed by atoms with Gasteiger partial charge in [-0.25, -0.2) is 0 Å². The lowest BCUT2D eigenvalue weighted by atomic mass is 9.75. The summed E-state index contributed by atoms with van der Waals surface area (Å²) in [6.45, 7) is 7.32. The Hall–Kier alpha value is -1.28. The number of piperidine rings is 1. The molecule has 1 saturated heterocycles. The van der Waals surface area contributed by atoms with Gasteiger partial charge in [-0.2, -0.15) is 0 Å². The van der Waals surface area contributed by atoms with Crippen LogP contribution in [-0.4, -0.2) is 23.0 Å². The molecule has 1 aromatic heterocycles. The van der Waals surface area contributed by atoms with Crippen molar-refractivity contribution in [2.75, 3.05) is 13.1 Å². The number of hydrogen-bond acceptors (Lipinski definition) is 1. The summed E-state index contributed by atoms with van der Waals surface area (Å²) < 4.78 is 0. The van der Waals surface area contributed by atoms with Crippen molar-refractivity contribution in [2.45, 2.75) is 39.2 Å². The number of benzene rings is 1. The van der Waals surface area contributed by atoms with E-state index < -0.39 is 0 Å². The first kappa shape index (κ1) is 12.5. The standard InChI is InChI=1S/C18H24N2/c1-3-13-12(2)8-10-20-11-9-15-14-6-4-5-7-16(14)19-17(15)18(13)20/h4-7,12-13,18-19H,3,8-11H2,1-2H3/t12-,13-,18+/m1/s1. The van der Waals surface area contributed by atoms with Gasteiger partial charge in [0.2, 0.25) is 0 Å². The third-order valence-electron chi connectivity index (χ3n) is 5.66. The zero-order chi connectivity index (χ0) is 13.7. The van der Waals surface area contributed by atoms with E-state index in [9.17, 15) is 0 Å². The molecule has 0 amide bonds. The van der Waals surface area contributed by atoms with Gasteiger partial charge in [-0.1, -0.05) is 38.5 Å². The second-order valence-corrected chi connectivity index (χ2v) is 6.63. The van der Waals surface area contributed by atoms with E-state index in [1.165, 1.54) is 48.9 Å². The smallest absolute Gasteiger partial charge is 0.0532 e. The van der Waals surface area contributed by atoms with Crippen LogP contribution in [0.2, 0.25) is 0 Å². The second kappa shape index (κ2) is 4.63. The van der Waals surface area contributed by atoms with Gasteiger partial charge in [0.1, 0.15) is 0 Å². The fraction of sp³-hybridized carbons (Fsp3) is 0.556. The van der Waals surface area contributed by atoms with Crippen LogP contribution in [0.15, 0.2) is 24.3 Å². The van der Waals surface area contributed by atoms with Crippen LogP contribution in [0.3, 0.4) is 0 Å². The van der Waals surface area contributed by atoms with E-state index in [-0.39, 0.29) is 0 Å². The highest BCUT2D eigenvalue weighted by Crippen LogP contribution is 2.45. The molecule has 0 unspecified atom stereocenters. The normalized spacial score (nSPS) is 30.2. The zero-order valence-electron chi connectivity index (χ0n) is 12.5. The molecule has 4 rings (SSSR count). The number of aromatic amines is 1. The average Bonchev–Trinajstić information content (AvgIpc) is 2.86. The zero-order valence-corrected chi connectivity index (χ0v) is 12.5. The number of hydrogen-bond donors (Lipinski definition) is 1. The van der Waals surface area contributed by atoms with Gasteiger partial charge in [0.05, 0.1) is 6.04 Å². The predicted octanol–water partition coefficient (Wildman–Crippen LogP) is 4.13. The number of nitrogens with zero attached hydrogens (tertiary/aromatic N) is 1. The SMILES string of the molecule is CC[C@@H]1[C@H](C)CCN2CCc3c([nH]c4ccccc34)[C@H]12. The number of para-hydroxylation sites is 1. The molecule has 0 spiro atoms. The predicted molar refractivity (Wildman–Crippen MR) is 83.9 cm³/mol. The molecule has 0 saturated carbocycles. The van der Waals surface area contributed by atoms with Gasteiger partial charge in [-0.15, -0.1) is 0 Å². The fourth-order valence-electron chi connectivity index (χ4n) is 4.58. The van der Waals surface area contributed by atoms with E-state index in [4.69, 9.17) is 0 Å². The van der Waals surface area contributed by atoms with E-state index in [0.29, 0.717) is 6.04 Å². The average molecular weight is 268 g/mol. The first-order valence-corrected chi connectivity index (χ1v) is 8.13. The number of rotatable bonds is 1. The molecule has 106 valence electrons. The third-order valence-corrected chi connectivity index (χ3v) is 5.66. The minimum Gasteiger partial charge on any atom is -0.357 e. The fourth-order valence-corrected chi connectivity index (χ4v) is 4.58. The topological polar surface area (TPSA) is 19.0 Å². The maximum absolute atomic E-state index is 3.76. The lowest BCUT2D eigenvalue weighted by Gasteiger charge is -2.47. The van der Waals surface area contributed by atoms with Crippen LogP contribution in [-0.2, 0) is 6.42 Å². The van der Waals surface area contributed by atoms with Crippen LogP contribution in [0.1, 0.15) is 44.0 Å². The highest BCUT2D eigenvalue weighted by atomic mass is 15.2. The van der Waals surface area contributed by atoms with Crippen molar-refractivity contribution in [2.24, 2.45) is 11.8 Å². The van der Waals surface area contributed by atoms with Gasteiger partial charge in [-0.3, -0.25) is 4.90 Å². The summed E-state index contributed by atoms with van der Waals surface area (Å²) in [6.07, 6.45) is 3.86. The van der Waals surface area contributed by atoms with Crippen molar-refractivity contribution < 1.29 is 0 Å². The summed E-state index contributed by atoms with van der Waals surface area (Å²) in [5.74, 6) is 1.65. The molecule has 20 heavy (non-hydrogen) atoms. The largest absolute Gasteiger partial charge is 0.357 e. The van der Waals surface area contributed by atoms with Crippen molar-refractivity contribution in [1.82, 2.24) is 9.88 Å². The number of nitrogens with one attached hydrogen (secondary N) is 1.